The van der Waals surface area contributed by atoms with Crippen molar-refractivity contribution < 1.29 is 41.4 Å². The Morgan fingerprint density at radius 2 is 1.09 bits per heavy atom. The molecule has 0 spiro atoms. The smallest absolute Gasteiger partial charge is 0.328 e. The number of aromatic nitrogens is 4. The van der Waals surface area contributed by atoms with E-state index >= 15 is 0 Å². The molecule has 0 aliphatic carbocycles. The highest BCUT2D eigenvalue weighted by molar-refractivity contribution is 7.90. The van der Waals surface area contributed by atoms with Gasteiger partial charge in [-0.25, -0.2) is 34.4 Å². The fourth-order valence-corrected chi connectivity index (χ4v) is 8.58. The summed E-state index contributed by atoms with van der Waals surface area (Å²) in [6, 6.07) is 21.5. The number of carbonyl (C=O) groups is 3. The van der Waals surface area contributed by atoms with E-state index in [2.05, 4.69) is 15.3 Å². The van der Waals surface area contributed by atoms with Crippen LogP contribution in [0.2, 0.25) is 0 Å². The van der Waals surface area contributed by atoms with Crippen LogP contribution in [0.1, 0.15) is 38.2 Å². The van der Waals surface area contributed by atoms with Gasteiger partial charge in [0.1, 0.15) is 9.79 Å². The number of carbonyl (C=O) groups excluding carboxylic acids is 1. The fourth-order valence-electron chi connectivity index (χ4n) is 5.89. The van der Waals surface area contributed by atoms with E-state index < -0.39 is 32.0 Å². The summed E-state index contributed by atoms with van der Waals surface area (Å²) in [5, 5.41) is 18.7. The third-order valence-corrected chi connectivity index (χ3v) is 11.7. The molecule has 4 heterocycles. The summed E-state index contributed by atoms with van der Waals surface area (Å²) in [7, 11) is -5.73. The summed E-state index contributed by atoms with van der Waals surface area (Å²) in [4.78, 5) is 38.4. The summed E-state index contributed by atoms with van der Waals surface area (Å²) in [6.45, 7) is 8.41. The lowest BCUT2D eigenvalue weighted by molar-refractivity contribution is -0.134. The van der Waals surface area contributed by atoms with Crippen molar-refractivity contribution in [1.29, 1.82) is 0 Å². The Kier molecular flexibility index (Phi) is 14.3. The molecule has 296 valence electrons. The number of rotatable bonds is 11. The number of aldehydes is 1. The van der Waals surface area contributed by atoms with Crippen molar-refractivity contribution in [2.24, 2.45) is 0 Å². The second-order valence-corrected chi connectivity index (χ2v) is 16.2. The van der Waals surface area contributed by atoms with E-state index in [0.29, 0.717) is 41.9 Å². The van der Waals surface area contributed by atoms with Gasteiger partial charge in [0, 0.05) is 72.6 Å². The Bertz CT molecular complexity index is 2580. The van der Waals surface area contributed by atoms with Crippen molar-refractivity contribution in [3.8, 4) is 22.5 Å². The van der Waals surface area contributed by atoms with Gasteiger partial charge in [-0.15, -0.1) is 0 Å². The van der Waals surface area contributed by atoms with Gasteiger partial charge in [0.25, 0.3) is 20.0 Å². The molecule has 0 bridgehead atoms. The maximum absolute atomic E-state index is 13.2. The molecular weight excluding hydrogens is 771 g/mol. The van der Waals surface area contributed by atoms with E-state index in [0.717, 1.165) is 42.9 Å². The first-order chi connectivity index (χ1) is 27.0. The van der Waals surface area contributed by atoms with Crippen LogP contribution in [0.5, 0.6) is 0 Å². The molecule has 0 amide bonds. The first kappa shape index (κ1) is 43.2. The number of hydrogen-bond donors (Lipinski definition) is 3. The Labute approximate surface area is 330 Å². The van der Waals surface area contributed by atoms with Gasteiger partial charge in [0.05, 0.1) is 11.4 Å². The molecule has 6 rings (SSSR count). The molecule has 0 unspecified atom stereocenters. The van der Waals surface area contributed by atoms with Crippen LogP contribution >= 0.6 is 0 Å². The second-order valence-electron chi connectivity index (χ2n) is 12.6. The van der Waals surface area contributed by atoms with Crippen LogP contribution in [0.4, 0.5) is 0 Å². The zero-order valence-corrected chi connectivity index (χ0v) is 33.3. The van der Waals surface area contributed by atoms with Gasteiger partial charge < -0.3 is 15.5 Å². The molecular formula is C41H41N5O9S2. The zero-order chi connectivity index (χ0) is 41.9. The molecule has 14 nitrogen and oxygen atoms in total. The molecule has 0 saturated carbocycles. The van der Waals surface area contributed by atoms with E-state index in [1.807, 2.05) is 77.2 Å². The molecule has 0 saturated heterocycles. The van der Waals surface area contributed by atoms with E-state index in [1.54, 1.807) is 36.7 Å². The lowest BCUT2D eigenvalue weighted by atomic mass is 10.00. The maximum Gasteiger partial charge on any atom is 0.328 e. The van der Waals surface area contributed by atoms with Crippen LogP contribution in [0.15, 0.2) is 132 Å². The predicted molar refractivity (Wildman–Crippen MR) is 215 cm³/mol. The summed E-state index contributed by atoms with van der Waals surface area (Å²) < 4.78 is 54.8. The topological polar surface area (TPSA) is 208 Å². The number of hydrogen-bond acceptors (Lipinski definition) is 10. The molecule has 2 aromatic carbocycles. The zero-order valence-electron chi connectivity index (χ0n) is 31.7. The summed E-state index contributed by atoms with van der Waals surface area (Å²) in [6.07, 6.45) is 10.5. The minimum Gasteiger partial charge on any atom is -0.478 e. The monoisotopic (exact) mass is 811 g/mol. The number of carboxylic acids is 2. The number of carboxylic acid groups (broad SMARTS) is 2. The number of aliphatic carboxylic acids is 2. The van der Waals surface area contributed by atoms with Crippen molar-refractivity contribution >= 4 is 38.3 Å². The number of nitrogens with one attached hydrogen (secondary N) is 1. The largest absolute Gasteiger partial charge is 0.478 e. The molecule has 3 N–H and O–H groups in total. The van der Waals surface area contributed by atoms with Crippen LogP contribution in [0.3, 0.4) is 0 Å². The summed E-state index contributed by atoms with van der Waals surface area (Å²) >= 11 is 0. The second kappa shape index (κ2) is 18.9. The van der Waals surface area contributed by atoms with Crippen molar-refractivity contribution in [2.75, 3.05) is 7.05 Å². The third-order valence-electron chi connectivity index (χ3n) is 8.39. The van der Waals surface area contributed by atoms with Crippen molar-refractivity contribution in [3.05, 3.63) is 156 Å². The molecule has 57 heavy (non-hydrogen) atoms. The van der Waals surface area contributed by atoms with E-state index in [-0.39, 0.29) is 9.79 Å². The highest BCUT2D eigenvalue weighted by atomic mass is 32.2. The van der Waals surface area contributed by atoms with Gasteiger partial charge in [0.2, 0.25) is 0 Å². The van der Waals surface area contributed by atoms with Gasteiger partial charge in [-0.2, -0.15) is 0 Å². The first-order valence-electron chi connectivity index (χ1n) is 17.1. The fraction of sp³-hybridized carbons (Fsp3) is 0.146. The van der Waals surface area contributed by atoms with Gasteiger partial charge >= 0.3 is 11.9 Å². The normalized spacial score (nSPS) is 11.2. The third kappa shape index (κ3) is 10.4. The SMILES string of the molecule is CNCc1cc(-c2c(C)cccc2C)n(S(=O)(=O)c2cccnc2)c1.Cc1cccc(C)c1-c1cc(C=O)cn1S(=O)(=O)c1cccnc1.O=C(O)/C=C/C(=O)O. The van der Waals surface area contributed by atoms with Gasteiger partial charge in [-0.3, -0.25) is 14.8 Å². The lowest BCUT2D eigenvalue weighted by Gasteiger charge is -2.14. The highest BCUT2D eigenvalue weighted by Crippen LogP contribution is 2.33. The van der Waals surface area contributed by atoms with Crippen molar-refractivity contribution in [2.45, 2.75) is 44.0 Å². The standard InChI is InChI=1S/C19H21N3O2S.C18H16N2O3S.C4H4O4/c1-14-6-4-7-15(2)19(14)18-10-16(11-20-3)13-22(18)25(23,24)17-8-5-9-21-12-17;1-13-5-3-6-14(2)18(13)17-9-15(12-21)11-20(17)24(22,23)16-7-4-8-19-10-16;5-3(6)1-2-4(7)8/h4-10,12-13,20H,11H2,1-3H3;3-12H,1-2H3;1-2H,(H,5,6)(H,7,8)/b;;2-1+. The molecule has 16 heteroatoms. The van der Waals surface area contributed by atoms with E-state index in [1.165, 1.54) is 34.8 Å². The molecule has 6 aromatic rings. The van der Waals surface area contributed by atoms with Crippen LogP contribution in [0.25, 0.3) is 22.5 Å². The average molecular weight is 812 g/mol. The lowest BCUT2D eigenvalue weighted by Crippen LogP contribution is -2.14. The Morgan fingerprint density at radius 3 is 1.46 bits per heavy atom. The van der Waals surface area contributed by atoms with E-state index in [4.69, 9.17) is 10.2 Å². The minimum absolute atomic E-state index is 0.0746. The number of pyridine rings is 2. The Morgan fingerprint density at radius 1 is 0.667 bits per heavy atom. The van der Waals surface area contributed by atoms with Gasteiger partial charge in [-0.1, -0.05) is 36.4 Å². The van der Waals surface area contributed by atoms with Crippen LogP contribution in [-0.4, -0.2) is 70.2 Å². The van der Waals surface area contributed by atoms with Crippen LogP contribution < -0.4 is 5.32 Å². The van der Waals surface area contributed by atoms with Gasteiger partial charge in [-0.05, 0) is 99.0 Å². The number of nitrogens with zero attached hydrogens (tertiary/aromatic N) is 4. The first-order valence-corrected chi connectivity index (χ1v) is 20.0. The molecule has 0 aliphatic rings. The Hall–Kier alpha value is -6.49. The average Bonchev–Trinajstić information content (AvgIpc) is 3.81. The number of benzene rings is 2. The molecule has 4 aromatic heterocycles. The minimum atomic E-state index is -3.85. The predicted octanol–water partition coefficient (Wildman–Crippen LogP) is 6.05. The van der Waals surface area contributed by atoms with Crippen molar-refractivity contribution in [3.63, 3.8) is 0 Å². The highest BCUT2D eigenvalue weighted by Gasteiger charge is 2.25. The maximum atomic E-state index is 13.2. The van der Waals surface area contributed by atoms with Gasteiger partial charge in [0.15, 0.2) is 6.29 Å². The quantitative estimate of drug-likeness (QED) is 0.101. The molecule has 0 radical (unpaired) electrons. The Balaban J connectivity index is 0.000000213. The number of aryl methyl sites for hydroxylation is 4. The van der Waals surface area contributed by atoms with E-state index in [9.17, 15) is 31.2 Å². The molecule has 0 atom stereocenters. The summed E-state index contributed by atoms with van der Waals surface area (Å²) in [5.74, 6) is -2.51. The summed E-state index contributed by atoms with van der Waals surface area (Å²) in [5.41, 5.74) is 8.05. The van der Waals surface area contributed by atoms with Crippen molar-refractivity contribution in [1.82, 2.24) is 23.2 Å². The van der Waals surface area contributed by atoms with Crippen LogP contribution in [-0.2, 0) is 36.2 Å². The van der Waals surface area contributed by atoms with Crippen LogP contribution in [0, 0.1) is 27.7 Å². The molecule has 0 fully saturated rings. The molecule has 0 aliphatic heterocycles.